The van der Waals surface area contributed by atoms with Crippen LogP contribution in [0.3, 0.4) is 0 Å². The summed E-state index contributed by atoms with van der Waals surface area (Å²) in [4.78, 5) is 25.2. The molecule has 0 bridgehead atoms. The van der Waals surface area contributed by atoms with Gasteiger partial charge < -0.3 is 0 Å². The van der Waals surface area contributed by atoms with Gasteiger partial charge in [-0.1, -0.05) is 0 Å². The first-order valence-electron chi connectivity index (χ1n) is 5.62. The molecule has 6 heteroatoms. The molecule has 0 saturated heterocycles. The molecule has 0 fully saturated rings. The van der Waals surface area contributed by atoms with Crippen LogP contribution >= 0.6 is 0 Å². The average molecular weight is 257 g/mol. The van der Waals surface area contributed by atoms with Crippen LogP contribution in [0.4, 0.5) is 11.4 Å². The van der Waals surface area contributed by atoms with Crippen molar-refractivity contribution in [2.45, 2.75) is 13.3 Å². The quantitative estimate of drug-likeness (QED) is 0.477. The largest absolute Gasteiger partial charge is 0.273 e. The molecule has 0 aliphatic heterocycles. The van der Waals surface area contributed by atoms with Crippen molar-refractivity contribution in [3.05, 3.63) is 68.4 Å². The molecule has 0 aliphatic carbocycles. The molecular weight excluding hydrogens is 246 g/mol. The fourth-order valence-corrected chi connectivity index (χ4v) is 1.84. The lowest BCUT2D eigenvalue weighted by Gasteiger charge is -2.04. The van der Waals surface area contributed by atoms with E-state index in [-0.39, 0.29) is 11.4 Å². The molecule has 2 rings (SSSR count). The molecule has 0 amide bonds. The predicted octanol–water partition coefficient (Wildman–Crippen LogP) is 3.29. The highest BCUT2D eigenvalue weighted by atomic mass is 16.6. The van der Waals surface area contributed by atoms with Crippen molar-refractivity contribution in [1.82, 2.24) is 4.98 Å². The third-order valence-corrected chi connectivity index (χ3v) is 2.71. The minimum atomic E-state index is -0.473. The summed E-state index contributed by atoms with van der Waals surface area (Å²) < 4.78 is 0. The summed E-state index contributed by atoms with van der Waals surface area (Å²) in [5.74, 6) is 0. The molecule has 1 aromatic carbocycles. The van der Waals surface area contributed by atoms with Crippen molar-refractivity contribution in [3.8, 4) is 0 Å². The lowest BCUT2D eigenvalue weighted by molar-refractivity contribution is -0.385. The van der Waals surface area contributed by atoms with Crippen LogP contribution in [0.25, 0.3) is 0 Å². The van der Waals surface area contributed by atoms with Crippen LogP contribution in [-0.2, 0) is 6.42 Å². The van der Waals surface area contributed by atoms with Gasteiger partial charge in [-0.15, -0.1) is 4.91 Å². The predicted molar refractivity (Wildman–Crippen MR) is 70.3 cm³/mol. The number of pyridine rings is 1. The summed E-state index contributed by atoms with van der Waals surface area (Å²) >= 11 is 0. The molecule has 0 spiro atoms. The van der Waals surface area contributed by atoms with Crippen LogP contribution in [0.5, 0.6) is 0 Å². The number of aryl methyl sites for hydroxylation is 1. The van der Waals surface area contributed by atoms with Crippen molar-refractivity contribution >= 4 is 11.4 Å². The highest BCUT2D eigenvalue weighted by molar-refractivity contribution is 5.52. The Labute approximate surface area is 109 Å². The molecule has 96 valence electrons. The number of nitroso groups, excluding NO2 is 1. The van der Waals surface area contributed by atoms with E-state index in [4.69, 9.17) is 0 Å². The number of hydrogen-bond acceptors (Lipinski definition) is 5. The van der Waals surface area contributed by atoms with E-state index in [1.54, 1.807) is 6.20 Å². The third kappa shape index (κ3) is 2.98. The summed E-state index contributed by atoms with van der Waals surface area (Å²) in [6.07, 6.45) is 1.94. The maximum Gasteiger partial charge on any atom is 0.273 e. The molecule has 0 aliphatic rings. The van der Waals surface area contributed by atoms with Gasteiger partial charge in [0.1, 0.15) is 5.69 Å². The van der Waals surface area contributed by atoms with Crippen LogP contribution in [0.1, 0.15) is 16.8 Å². The van der Waals surface area contributed by atoms with Crippen molar-refractivity contribution in [2.75, 3.05) is 0 Å². The number of aromatic nitrogens is 1. The Morgan fingerprint density at radius 2 is 2.11 bits per heavy atom. The highest BCUT2D eigenvalue weighted by Crippen LogP contribution is 2.26. The van der Waals surface area contributed by atoms with Crippen LogP contribution < -0.4 is 0 Å². The van der Waals surface area contributed by atoms with Crippen LogP contribution in [0, 0.1) is 21.9 Å². The molecule has 0 radical (unpaired) electrons. The fourth-order valence-electron chi connectivity index (χ4n) is 1.84. The van der Waals surface area contributed by atoms with E-state index < -0.39 is 4.92 Å². The second-order valence-corrected chi connectivity index (χ2v) is 4.16. The third-order valence-electron chi connectivity index (χ3n) is 2.71. The van der Waals surface area contributed by atoms with E-state index in [0.29, 0.717) is 17.7 Å². The lowest BCUT2D eigenvalue weighted by Crippen LogP contribution is -1.98. The minimum Gasteiger partial charge on any atom is -0.261 e. The topological polar surface area (TPSA) is 85.5 Å². The van der Waals surface area contributed by atoms with Crippen molar-refractivity contribution in [2.24, 2.45) is 5.18 Å². The molecule has 6 nitrogen and oxygen atoms in total. The molecule has 0 N–H and O–H groups in total. The van der Waals surface area contributed by atoms with Gasteiger partial charge in [0.2, 0.25) is 0 Å². The molecule has 2 aromatic rings. The Morgan fingerprint density at radius 1 is 1.32 bits per heavy atom. The zero-order valence-electron chi connectivity index (χ0n) is 10.2. The fraction of sp³-hybridized carbons (Fsp3) is 0.154. The van der Waals surface area contributed by atoms with E-state index in [9.17, 15) is 15.0 Å². The number of nitro benzene ring substituents is 1. The Hall–Kier alpha value is -2.63. The van der Waals surface area contributed by atoms with Gasteiger partial charge in [-0.2, -0.15) is 0 Å². The number of benzene rings is 1. The highest BCUT2D eigenvalue weighted by Gasteiger charge is 2.15. The lowest BCUT2D eigenvalue weighted by atomic mass is 10.1. The van der Waals surface area contributed by atoms with Gasteiger partial charge in [-0.3, -0.25) is 15.1 Å². The zero-order chi connectivity index (χ0) is 13.8. The van der Waals surface area contributed by atoms with Crippen LogP contribution in [0.15, 0.2) is 41.7 Å². The summed E-state index contributed by atoms with van der Waals surface area (Å²) in [5.41, 5.74) is 2.31. The zero-order valence-corrected chi connectivity index (χ0v) is 10.2. The number of nitrogens with zero attached hydrogens (tertiary/aromatic N) is 3. The minimum absolute atomic E-state index is 0.0318. The van der Waals surface area contributed by atoms with Crippen LogP contribution in [0.2, 0.25) is 0 Å². The second kappa shape index (κ2) is 5.34. The van der Waals surface area contributed by atoms with E-state index in [0.717, 1.165) is 5.56 Å². The molecule has 1 heterocycles. The molecule has 0 saturated carbocycles. The molecular formula is C13H11N3O3. The summed E-state index contributed by atoms with van der Waals surface area (Å²) in [6.45, 7) is 1.92. The molecule has 19 heavy (non-hydrogen) atoms. The van der Waals surface area contributed by atoms with Crippen molar-refractivity contribution < 1.29 is 4.92 Å². The maximum absolute atomic E-state index is 11.0. The van der Waals surface area contributed by atoms with Crippen molar-refractivity contribution in [3.63, 3.8) is 0 Å². The first-order valence-corrected chi connectivity index (χ1v) is 5.62. The Bertz CT molecular complexity index is 641. The van der Waals surface area contributed by atoms with Crippen molar-refractivity contribution in [1.29, 1.82) is 0 Å². The SMILES string of the molecule is Cc1ccnc(Cc2cc(N=O)ccc2[N+](=O)[O-])c1. The smallest absolute Gasteiger partial charge is 0.261 e. The van der Waals surface area contributed by atoms with Gasteiger partial charge in [0.15, 0.2) is 0 Å². The summed E-state index contributed by atoms with van der Waals surface area (Å²) in [6, 6.07) is 7.75. The normalized spacial score (nSPS) is 10.2. The first kappa shape index (κ1) is 12.8. The number of rotatable bonds is 4. The van der Waals surface area contributed by atoms with Crippen LogP contribution in [-0.4, -0.2) is 9.91 Å². The standard InChI is InChI=1S/C13H11N3O3/c1-9-4-5-14-12(6-9)8-10-7-11(15-17)2-3-13(10)16(18)19/h2-7H,8H2,1H3. The Morgan fingerprint density at radius 3 is 2.74 bits per heavy atom. The van der Waals surface area contributed by atoms with Gasteiger partial charge in [-0.25, -0.2) is 0 Å². The monoisotopic (exact) mass is 257 g/mol. The number of nitro groups is 1. The first-order chi connectivity index (χ1) is 9.10. The number of hydrogen-bond donors (Lipinski definition) is 0. The van der Waals surface area contributed by atoms with E-state index in [2.05, 4.69) is 10.2 Å². The van der Waals surface area contributed by atoms with E-state index in [1.807, 2.05) is 19.1 Å². The van der Waals surface area contributed by atoms with Gasteiger partial charge in [-0.05, 0) is 41.9 Å². The average Bonchev–Trinajstić information content (AvgIpc) is 2.38. The molecule has 0 unspecified atom stereocenters. The van der Waals surface area contributed by atoms with Gasteiger partial charge in [0.05, 0.1) is 4.92 Å². The van der Waals surface area contributed by atoms with E-state index >= 15 is 0 Å². The van der Waals surface area contributed by atoms with Gasteiger partial charge >= 0.3 is 0 Å². The van der Waals surface area contributed by atoms with Gasteiger partial charge in [0, 0.05) is 29.9 Å². The second-order valence-electron chi connectivity index (χ2n) is 4.16. The maximum atomic E-state index is 11.0. The summed E-state index contributed by atoms with van der Waals surface area (Å²) in [7, 11) is 0. The Balaban J connectivity index is 2.42. The summed E-state index contributed by atoms with van der Waals surface area (Å²) in [5, 5.41) is 13.8. The molecule has 1 aromatic heterocycles. The Kier molecular flexibility index (Phi) is 3.61. The van der Waals surface area contributed by atoms with E-state index in [1.165, 1.54) is 18.2 Å². The van der Waals surface area contributed by atoms with Gasteiger partial charge in [0.25, 0.3) is 5.69 Å². The molecule has 0 atom stereocenters.